The predicted molar refractivity (Wildman–Crippen MR) is 91.3 cm³/mol. The van der Waals surface area contributed by atoms with Crippen LogP contribution >= 0.6 is 0 Å². The SMILES string of the molecule is CCCCC(=O)N1CCN(C(=O)Cc2cc(C)n(C)c2C)CC1. The van der Waals surface area contributed by atoms with Crippen LogP contribution in [-0.4, -0.2) is 52.4 Å². The Kier molecular flexibility index (Phi) is 5.85. The Hall–Kier alpha value is -1.78. The maximum Gasteiger partial charge on any atom is 0.227 e. The second kappa shape index (κ2) is 7.66. The van der Waals surface area contributed by atoms with Gasteiger partial charge in [-0.3, -0.25) is 9.59 Å². The van der Waals surface area contributed by atoms with Gasteiger partial charge in [0.05, 0.1) is 6.42 Å². The van der Waals surface area contributed by atoms with E-state index in [0.717, 1.165) is 24.1 Å². The predicted octanol–water partition coefficient (Wildman–Crippen LogP) is 2.05. The average Bonchev–Trinajstić information content (AvgIpc) is 2.79. The van der Waals surface area contributed by atoms with Gasteiger partial charge in [0.15, 0.2) is 0 Å². The summed E-state index contributed by atoms with van der Waals surface area (Å²) in [4.78, 5) is 28.3. The second-order valence-corrected chi connectivity index (χ2v) is 6.50. The Morgan fingerprint density at radius 3 is 2.09 bits per heavy atom. The lowest BCUT2D eigenvalue weighted by atomic mass is 10.1. The number of hydrogen-bond donors (Lipinski definition) is 0. The molecule has 1 aromatic rings. The quantitative estimate of drug-likeness (QED) is 0.834. The van der Waals surface area contributed by atoms with E-state index in [4.69, 9.17) is 0 Å². The molecule has 5 nitrogen and oxygen atoms in total. The van der Waals surface area contributed by atoms with Gasteiger partial charge in [-0.1, -0.05) is 13.3 Å². The van der Waals surface area contributed by atoms with E-state index in [1.165, 1.54) is 5.69 Å². The third-order valence-corrected chi connectivity index (χ3v) is 4.95. The molecule has 2 amide bonds. The molecule has 0 saturated carbocycles. The zero-order chi connectivity index (χ0) is 17.0. The molecule has 0 aliphatic carbocycles. The number of aryl methyl sites for hydroxylation is 1. The maximum absolute atomic E-state index is 12.5. The molecule has 0 spiro atoms. The third-order valence-electron chi connectivity index (χ3n) is 4.95. The van der Waals surface area contributed by atoms with Crippen LogP contribution in [-0.2, 0) is 23.1 Å². The molecule has 0 unspecified atom stereocenters. The molecule has 1 saturated heterocycles. The lowest BCUT2D eigenvalue weighted by Crippen LogP contribution is -2.51. The third kappa shape index (κ3) is 4.15. The van der Waals surface area contributed by atoms with E-state index in [2.05, 4.69) is 31.4 Å². The van der Waals surface area contributed by atoms with Crippen molar-refractivity contribution in [2.75, 3.05) is 26.2 Å². The first-order valence-corrected chi connectivity index (χ1v) is 8.61. The van der Waals surface area contributed by atoms with Crippen LogP contribution in [0.5, 0.6) is 0 Å². The molecule has 5 heteroatoms. The zero-order valence-corrected chi connectivity index (χ0v) is 14.9. The molecule has 2 rings (SSSR count). The van der Waals surface area contributed by atoms with Crippen molar-refractivity contribution in [2.24, 2.45) is 7.05 Å². The molecule has 1 aliphatic rings. The number of carbonyl (C=O) groups is 2. The minimum Gasteiger partial charge on any atom is -0.352 e. The first kappa shape index (κ1) is 17.6. The molecule has 0 N–H and O–H groups in total. The van der Waals surface area contributed by atoms with Crippen molar-refractivity contribution in [3.8, 4) is 0 Å². The summed E-state index contributed by atoms with van der Waals surface area (Å²) in [5.41, 5.74) is 3.44. The van der Waals surface area contributed by atoms with E-state index in [9.17, 15) is 9.59 Å². The fourth-order valence-corrected chi connectivity index (χ4v) is 3.08. The summed E-state index contributed by atoms with van der Waals surface area (Å²) >= 11 is 0. The fourth-order valence-electron chi connectivity index (χ4n) is 3.08. The van der Waals surface area contributed by atoms with E-state index in [-0.39, 0.29) is 11.8 Å². The Morgan fingerprint density at radius 1 is 1.04 bits per heavy atom. The first-order chi connectivity index (χ1) is 10.9. The molecule has 0 radical (unpaired) electrons. The largest absolute Gasteiger partial charge is 0.352 e. The molecular formula is C18H29N3O2. The Balaban J connectivity index is 1.86. The van der Waals surface area contributed by atoms with E-state index < -0.39 is 0 Å². The van der Waals surface area contributed by atoms with Crippen molar-refractivity contribution in [3.05, 3.63) is 23.0 Å². The molecule has 128 valence electrons. The Labute approximate surface area is 139 Å². The smallest absolute Gasteiger partial charge is 0.227 e. The van der Waals surface area contributed by atoms with Gasteiger partial charge >= 0.3 is 0 Å². The van der Waals surface area contributed by atoms with Crippen LogP contribution in [0.2, 0.25) is 0 Å². The highest BCUT2D eigenvalue weighted by Gasteiger charge is 2.24. The summed E-state index contributed by atoms with van der Waals surface area (Å²) in [6.07, 6.45) is 3.08. The number of unbranched alkanes of at least 4 members (excludes halogenated alkanes) is 1. The van der Waals surface area contributed by atoms with Gasteiger partial charge in [-0.05, 0) is 31.9 Å². The molecule has 23 heavy (non-hydrogen) atoms. The highest BCUT2D eigenvalue weighted by atomic mass is 16.2. The molecule has 1 aliphatic heterocycles. The number of amides is 2. The van der Waals surface area contributed by atoms with Crippen LogP contribution in [0.25, 0.3) is 0 Å². The van der Waals surface area contributed by atoms with Gasteiger partial charge in [0.25, 0.3) is 0 Å². The first-order valence-electron chi connectivity index (χ1n) is 8.61. The minimum atomic E-state index is 0.166. The lowest BCUT2D eigenvalue weighted by Gasteiger charge is -2.35. The fraction of sp³-hybridized carbons (Fsp3) is 0.667. The molecule has 0 atom stereocenters. The van der Waals surface area contributed by atoms with E-state index in [0.29, 0.717) is 39.0 Å². The number of rotatable bonds is 5. The van der Waals surface area contributed by atoms with Crippen molar-refractivity contribution in [3.63, 3.8) is 0 Å². The molecule has 2 heterocycles. The van der Waals surface area contributed by atoms with Gasteiger partial charge in [-0.15, -0.1) is 0 Å². The summed E-state index contributed by atoms with van der Waals surface area (Å²) < 4.78 is 2.12. The maximum atomic E-state index is 12.5. The van der Waals surface area contributed by atoms with Gasteiger partial charge in [0, 0.05) is 51.0 Å². The van der Waals surface area contributed by atoms with Crippen molar-refractivity contribution in [1.82, 2.24) is 14.4 Å². The topological polar surface area (TPSA) is 45.6 Å². The Morgan fingerprint density at radius 2 is 1.61 bits per heavy atom. The zero-order valence-electron chi connectivity index (χ0n) is 14.9. The monoisotopic (exact) mass is 319 g/mol. The molecule has 1 fully saturated rings. The second-order valence-electron chi connectivity index (χ2n) is 6.50. The summed E-state index contributed by atoms with van der Waals surface area (Å²) in [5, 5.41) is 0. The summed E-state index contributed by atoms with van der Waals surface area (Å²) in [7, 11) is 2.03. The van der Waals surface area contributed by atoms with E-state index >= 15 is 0 Å². The van der Waals surface area contributed by atoms with Crippen LogP contribution in [0.1, 0.15) is 43.1 Å². The summed E-state index contributed by atoms with van der Waals surface area (Å²) in [6, 6.07) is 2.09. The van der Waals surface area contributed by atoms with Gasteiger partial charge in [-0.25, -0.2) is 0 Å². The number of aromatic nitrogens is 1. The van der Waals surface area contributed by atoms with Crippen molar-refractivity contribution < 1.29 is 9.59 Å². The van der Waals surface area contributed by atoms with Gasteiger partial charge < -0.3 is 14.4 Å². The standard InChI is InChI=1S/C18H29N3O2/c1-5-6-7-17(22)20-8-10-21(11-9-20)18(23)13-16-12-14(2)19(4)15(16)3/h12H,5-11,13H2,1-4H3. The molecular weight excluding hydrogens is 290 g/mol. The van der Waals surface area contributed by atoms with Gasteiger partial charge in [0.2, 0.25) is 11.8 Å². The normalized spacial score (nSPS) is 15.1. The summed E-state index contributed by atoms with van der Waals surface area (Å²) in [5.74, 6) is 0.396. The number of piperazine rings is 1. The average molecular weight is 319 g/mol. The van der Waals surface area contributed by atoms with Gasteiger partial charge in [0.1, 0.15) is 0 Å². The Bertz CT molecular complexity index is 569. The molecule has 0 bridgehead atoms. The number of hydrogen-bond acceptors (Lipinski definition) is 2. The van der Waals surface area contributed by atoms with Crippen molar-refractivity contribution in [1.29, 1.82) is 0 Å². The van der Waals surface area contributed by atoms with Crippen LogP contribution in [0, 0.1) is 13.8 Å². The lowest BCUT2D eigenvalue weighted by molar-refractivity contribution is -0.139. The minimum absolute atomic E-state index is 0.166. The van der Waals surface area contributed by atoms with Crippen LogP contribution in [0.3, 0.4) is 0 Å². The number of carbonyl (C=O) groups excluding carboxylic acids is 2. The summed E-state index contributed by atoms with van der Waals surface area (Å²) in [6.45, 7) is 8.85. The highest BCUT2D eigenvalue weighted by molar-refractivity contribution is 5.80. The number of nitrogens with zero attached hydrogens (tertiary/aromatic N) is 3. The van der Waals surface area contributed by atoms with Crippen LogP contribution in [0.15, 0.2) is 6.07 Å². The van der Waals surface area contributed by atoms with Gasteiger partial charge in [-0.2, -0.15) is 0 Å². The highest BCUT2D eigenvalue weighted by Crippen LogP contribution is 2.15. The van der Waals surface area contributed by atoms with E-state index in [1.54, 1.807) is 0 Å². The van der Waals surface area contributed by atoms with Crippen molar-refractivity contribution >= 4 is 11.8 Å². The molecule has 0 aromatic carbocycles. The van der Waals surface area contributed by atoms with Crippen molar-refractivity contribution in [2.45, 2.75) is 46.5 Å². The molecule has 1 aromatic heterocycles. The van der Waals surface area contributed by atoms with E-state index in [1.807, 2.05) is 16.8 Å². The van der Waals surface area contributed by atoms with Crippen LogP contribution < -0.4 is 0 Å². The van der Waals surface area contributed by atoms with Crippen LogP contribution in [0.4, 0.5) is 0 Å².